The van der Waals surface area contributed by atoms with Crippen molar-refractivity contribution in [3.05, 3.63) is 58.4 Å². The minimum atomic E-state index is -0.00165. The molecule has 5 rings (SSSR count). The van der Waals surface area contributed by atoms with Crippen molar-refractivity contribution in [1.29, 1.82) is 0 Å². The van der Waals surface area contributed by atoms with E-state index in [2.05, 4.69) is 0 Å². The normalized spacial score (nSPS) is 13.0. The molecule has 2 aromatic heterocycles. The molecule has 0 spiro atoms. The molecule has 5 nitrogen and oxygen atoms in total. The second-order valence-electron chi connectivity index (χ2n) is 5.95. The van der Waals surface area contributed by atoms with Gasteiger partial charge in [0.2, 0.25) is 6.79 Å². The van der Waals surface area contributed by atoms with Crippen LogP contribution in [0.3, 0.4) is 0 Å². The van der Waals surface area contributed by atoms with E-state index in [0.29, 0.717) is 16.4 Å². The summed E-state index contributed by atoms with van der Waals surface area (Å²) in [7, 11) is 0. The van der Waals surface area contributed by atoms with Crippen molar-refractivity contribution in [2.75, 3.05) is 13.0 Å². The lowest BCUT2D eigenvalue weighted by Gasteiger charge is -2.11. The summed E-state index contributed by atoms with van der Waals surface area (Å²) in [5.74, 6) is 1.46. The quantitative estimate of drug-likeness (QED) is 0.394. The molecule has 0 unspecified atom stereocenters. The lowest BCUT2D eigenvalue weighted by molar-refractivity contribution is 0.174. The predicted molar refractivity (Wildman–Crippen MR) is 105 cm³/mol. The first-order valence-electron chi connectivity index (χ1n) is 8.09. The van der Waals surface area contributed by atoms with Gasteiger partial charge in [-0.05, 0) is 30.0 Å². The van der Waals surface area contributed by atoms with Gasteiger partial charge < -0.3 is 9.47 Å². The molecule has 0 saturated heterocycles. The number of rotatable bonds is 3. The van der Waals surface area contributed by atoms with E-state index in [1.165, 1.54) is 23.1 Å². The average Bonchev–Trinajstić information content (AvgIpc) is 3.28. The van der Waals surface area contributed by atoms with Gasteiger partial charge in [0, 0.05) is 10.1 Å². The van der Waals surface area contributed by atoms with Gasteiger partial charge in [0.25, 0.3) is 5.56 Å². The SMILES string of the molecule is CSc1nc2c(sc3ccccc32)c(=O)n1Cc1ccc2c(c1)OCO2. The topological polar surface area (TPSA) is 53.4 Å². The van der Waals surface area contributed by atoms with Gasteiger partial charge in [0.05, 0.1) is 12.1 Å². The minimum absolute atomic E-state index is 0.00165. The molecule has 26 heavy (non-hydrogen) atoms. The Morgan fingerprint density at radius 2 is 2.04 bits per heavy atom. The number of benzene rings is 2. The first-order chi connectivity index (χ1) is 12.7. The zero-order valence-electron chi connectivity index (χ0n) is 13.9. The monoisotopic (exact) mass is 382 g/mol. The lowest BCUT2D eigenvalue weighted by Crippen LogP contribution is -2.23. The Kier molecular flexibility index (Phi) is 3.65. The molecule has 3 heterocycles. The summed E-state index contributed by atoms with van der Waals surface area (Å²) in [4.78, 5) is 18.0. The van der Waals surface area contributed by atoms with Gasteiger partial charge in [0.1, 0.15) is 4.70 Å². The fourth-order valence-electron chi connectivity index (χ4n) is 3.17. The molecule has 1 aliphatic heterocycles. The van der Waals surface area contributed by atoms with Crippen LogP contribution in [0.2, 0.25) is 0 Å². The van der Waals surface area contributed by atoms with Gasteiger partial charge in [-0.25, -0.2) is 4.98 Å². The van der Waals surface area contributed by atoms with Crippen LogP contribution in [0, 0.1) is 0 Å². The molecule has 0 aliphatic carbocycles. The van der Waals surface area contributed by atoms with Crippen LogP contribution in [0.4, 0.5) is 0 Å². The number of nitrogens with zero attached hydrogens (tertiary/aromatic N) is 2. The van der Waals surface area contributed by atoms with E-state index in [9.17, 15) is 4.79 Å². The second kappa shape index (κ2) is 6.03. The van der Waals surface area contributed by atoms with Crippen molar-refractivity contribution >= 4 is 43.4 Å². The molecule has 0 radical (unpaired) electrons. The zero-order chi connectivity index (χ0) is 17.7. The van der Waals surface area contributed by atoms with Crippen molar-refractivity contribution in [2.45, 2.75) is 11.7 Å². The Bertz CT molecular complexity index is 1210. The van der Waals surface area contributed by atoms with Crippen LogP contribution in [0.25, 0.3) is 20.3 Å². The highest BCUT2D eigenvalue weighted by Gasteiger charge is 2.17. The first-order valence-corrected chi connectivity index (χ1v) is 10.1. The molecule has 7 heteroatoms. The molecular formula is C19H14N2O3S2. The van der Waals surface area contributed by atoms with Crippen LogP contribution in [0.1, 0.15) is 5.56 Å². The molecule has 0 N–H and O–H groups in total. The Morgan fingerprint density at radius 3 is 2.92 bits per heavy atom. The second-order valence-corrected chi connectivity index (χ2v) is 7.78. The average molecular weight is 382 g/mol. The van der Waals surface area contributed by atoms with E-state index in [0.717, 1.165) is 32.7 Å². The Labute approximate surface area is 157 Å². The number of fused-ring (bicyclic) bond motifs is 4. The molecular weight excluding hydrogens is 368 g/mol. The molecule has 0 saturated carbocycles. The van der Waals surface area contributed by atoms with Crippen molar-refractivity contribution in [1.82, 2.24) is 9.55 Å². The van der Waals surface area contributed by atoms with Gasteiger partial charge in [-0.2, -0.15) is 0 Å². The van der Waals surface area contributed by atoms with Crippen LogP contribution in [0.15, 0.2) is 52.4 Å². The number of hydrogen-bond donors (Lipinski definition) is 0. The molecule has 4 aromatic rings. The smallest absolute Gasteiger partial charge is 0.272 e. The summed E-state index contributed by atoms with van der Waals surface area (Å²) in [6, 6.07) is 13.8. The zero-order valence-corrected chi connectivity index (χ0v) is 15.5. The van der Waals surface area contributed by atoms with Crippen LogP contribution < -0.4 is 15.0 Å². The largest absolute Gasteiger partial charge is 0.454 e. The standard InChI is InChI=1S/C19H14N2O3S2/c1-25-19-20-16-12-4-2-3-5-15(12)26-17(16)18(22)21(19)9-11-6-7-13-14(8-11)24-10-23-13/h2-8H,9-10H2,1H3. The van der Waals surface area contributed by atoms with Crippen molar-refractivity contribution in [3.63, 3.8) is 0 Å². The third-order valence-electron chi connectivity index (χ3n) is 4.41. The minimum Gasteiger partial charge on any atom is -0.454 e. The molecule has 2 aromatic carbocycles. The van der Waals surface area contributed by atoms with Crippen molar-refractivity contribution < 1.29 is 9.47 Å². The highest BCUT2D eigenvalue weighted by molar-refractivity contribution is 7.98. The molecule has 130 valence electrons. The molecule has 0 fully saturated rings. The highest BCUT2D eigenvalue weighted by atomic mass is 32.2. The molecule has 0 amide bonds. The van der Waals surface area contributed by atoms with Crippen LogP contribution in [-0.4, -0.2) is 22.6 Å². The Morgan fingerprint density at radius 1 is 1.19 bits per heavy atom. The Hall–Kier alpha value is -2.51. The summed E-state index contributed by atoms with van der Waals surface area (Å²) >= 11 is 2.98. The number of hydrogen-bond acceptors (Lipinski definition) is 6. The fourth-order valence-corrected chi connectivity index (χ4v) is 4.81. The van der Waals surface area contributed by atoms with Gasteiger partial charge in [-0.1, -0.05) is 36.0 Å². The van der Waals surface area contributed by atoms with Crippen LogP contribution in [0.5, 0.6) is 11.5 Å². The van der Waals surface area contributed by atoms with E-state index in [4.69, 9.17) is 14.5 Å². The van der Waals surface area contributed by atoms with Crippen LogP contribution >= 0.6 is 23.1 Å². The predicted octanol–water partition coefficient (Wildman–Crippen LogP) is 4.11. The van der Waals surface area contributed by atoms with Gasteiger partial charge in [0.15, 0.2) is 16.7 Å². The lowest BCUT2D eigenvalue weighted by atomic mass is 10.2. The number of thiophene rings is 1. The van der Waals surface area contributed by atoms with E-state index in [1.54, 1.807) is 4.57 Å². The fraction of sp³-hybridized carbons (Fsp3) is 0.158. The highest BCUT2D eigenvalue weighted by Crippen LogP contribution is 2.34. The maximum atomic E-state index is 13.2. The van der Waals surface area contributed by atoms with Gasteiger partial charge >= 0.3 is 0 Å². The van der Waals surface area contributed by atoms with E-state index >= 15 is 0 Å². The maximum absolute atomic E-state index is 13.2. The van der Waals surface area contributed by atoms with Gasteiger partial charge in [-0.3, -0.25) is 9.36 Å². The van der Waals surface area contributed by atoms with Crippen LogP contribution in [-0.2, 0) is 6.54 Å². The summed E-state index contributed by atoms with van der Waals surface area (Å²) in [5, 5.41) is 1.75. The third kappa shape index (κ3) is 2.39. The summed E-state index contributed by atoms with van der Waals surface area (Å²) in [6.07, 6.45) is 1.94. The summed E-state index contributed by atoms with van der Waals surface area (Å²) < 4.78 is 14.3. The first kappa shape index (κ1) is 15.7. The molecule has 0 atom stereocenters. The van der Waals surface area contributed by atoms with E-state index in [1.807, 2.05) is 48.7 Å². The molecule has 1 aliphatic rings. The summed E-state index contributed by atoms with van der Waals surface area (Å²) in [5.41, 5.74) is 1.77. The van der Waals surface area contributed by atoms with E-state index in [-0.39, 0.29) is 12.4 Å². The van der Waals surface area contributed by atoms with E-state index < -0.39 is 0 Å². The molecule has 0 bridgehead atoms. The van der Waals surface area contributed by atoms with Crippen molar-refractivity contribution in [2.24, 2.45) is 0 Å². The number of ether oxygens (including phenoxy) is 2. The summed E-state index contributed by atoms with van der Waals surface area (Å²) in [6.45, 7) is 0.687. The number of thioether (sulfide) groups is 1. The van der Waals surface area contributed by atoms with Crippen molar-refractivity contribution in [3.8, 4) is 11.5 Å². The van der Waals surface area contributed by atoms with Gasteiger partial charge in [-0.15, -0.1) is 11.3 Å². The maximum Gasteiger partial charge on any atom is 0.272 e. The third-order valence-corrected chi connectivity index (χ3v) is 6.23. The number of aromatic nitrogens is 2. The Balaban J connectivity index is 1.68.